The van der Waals surface area contributed by atoms with Gasteiger partial charge in [0.05, 0.1) is 0 Å². The smallest absolute Gasteiger partial charge is 0.331 e. The predicted octanol–water partition coefficient (Wildman–Crippen LogP) is 2.83. The number of hydrogen-bond donors (Lipinski definition) is 1. The molecule has 0 atom stereocenters. The first kappa shape index (κ1) is 18.6. The van der Waals surface area contributed by atoms with Gasteiger partial charge in [0, 0.05) is 30.9 Å². The summed E-state index contributed by atoms with van der Waals surface area (Å²) in [4.78, 5) is 40.6. The lowest BCUT2D eigenvalue weighted by Gasteiger charge is -2.13. The third-order valence-corrected chi connectivity index (χ3v) is 4.23. The SMILES string of the molecule is O=C(/C=C/c1cccc(F)c1)OCC(=O)c1c[nH]c(C(=O)N2CCCC2)c1. The van der Waals surface area contributed by atoms with Gasteiger partial charge in [-0.2, -0.15) is 0 Å². The van der Waals surface area contributed by atoms with E-state index >= 15 is 0 Å². The van der Waals surface area contributed by atoms with E-state index in [2.05, 4.69) is 4.98 Å². The molecule has 1 saturated heterocycles. The maximum Gasteiger partial charge on any atom is 0.331 e. The number of halogens is 1. The number of nitrogens with zero attached hydrogens (tertiary/aromatic N) is 1. The standard InChI is InChI=1S/C20H19FN2O4/c21-16-5-3-4-14(10-16)6-7-19(25)27-13-18(24)15-11-17(22-12-15)20(26)23-8-1-2-9-23/h3-7,10-12,22H,1-2,8-9,13H2/b7-6+. The molecule has 2 aromatic rings. The van der Waals surface area contributed by atoms with Gasteiger partial charge in [0.1, 0.15) is 11.5 Å². The zero-order valence-corrected chi connectivity index (χ0v) is 14.6. The molecule has 3 rings (SSSR count). The molecule has 0 radical (unpaired) electrons. The van der Waals surface area contributed by atoms with Crippen LogP contribution in [0.1, 0.15) is 39.3 Å². The zero-order chi connectivity index (χ0) is 19.2. The maximum absolute atomic E-state index is 13.1. The monoisotopic (exact) mass is 370 g/mol. The second-order valence-corrected chi connectivity index (χ2v) is 6.22. The molecule has 0 aliphatic carbocycles. The number of amides is 1. The van der Waals surface area contributed by atoms with Gasteiger partial charge in [-0.3, -0.25) is 9.59 Å². The number of nitrogens with one attached hydrogen (secondary N) is 1. The molecule has 1 aromatic carbocycles. The number of benzene rings is 1. The molecule has 1 amide bonds. The lowest BCUT2D eigenvalue weighted by Crippen LogP contribution is -2.27. The van der Waals surface area contributed by atoms with E-state index in [9.17, 15) is 18.8 Å². The Kier molecular flexibility index (Phi) is 5.80. The molecule has 0 bridgehead atoms. The van der Waals surface area contributed by atoms with Crippen LogP contribution in [0.3, 0.4) is 0 Å². The van der Waals surface area contributed by atoms with Gasteiger partial charge in [-0.15, -0.1) is 0 Å². The molecule has 7 heteroatoms. The lowest BCUT2D eigenvalue weighted by molar-refractivity contribution is -0.136. The number of hydrogen-bond acceptors (Lipinski definition) is 4. The second-order valence-electron chi connectivity index (χ2n) is 6.22. The van der Waals surface area contributed by atoms with Gasteiger partial charge in [-0.05, 0) is 42.7 Å². The fourth-order valence-electron chi connectivity index (χ4n) is 2.81. The van der Waals surface area contributed by atoms with E-state index in [1.807, 2.05) is 0 Å². The number of ether oxygens (including phenoxy) is 1. The summed E-state index contributed by atoms with van der Waals surface area (Å²) in [6, 6.07) is 7.20. The van der Waals surface area contributed by atoms with Crippen molar-refractivity contribution in [3.63, 3.8) is 0 Å². The fourth-order valence-corrected chi connectivity index (χ4v) is 2.81. The first-order valence-corrected chi connectivity index (χ1v) is 8.64. The van der Waals surface area contributed by atoms with E-state index in [1.54, 1.807) is 11.0 Å². The molecule has 140 valence electrons. The molecule has 1 fully saturated rings. The van der Waals surface area contributed by atoms with Gasteiger partial charge < -0.3 is 14.6 Å². The Balaban J connectivity index is 1.51. The first-order valence-electron chi connectivity index (χ1n) is 8.64. The van der Waals surface area contributed by atoms with Crippen LogP contribution >= 0.6 is 0 Å². The third kappa shape index (κ3) is 4.91. The van der Waals surface area contributed by atoms with Gasteiger partial charge in [0.2, 0.25) is 5.78 Å². The molecular weight excluding hydrogens is 351 g/mol. The Morgan fingerprint density at radius 3 is 2.70 bits per heavy atom. The average molecular weight is 370 g/mol. The van der Waals surface area contributed by atoms with Crippen LogP contribution < -0.4 is 0 Å². The number of esters is 1. The second kappa shape index (κ2) is 8.44. The number of likely N-dealkylation sites (tertiary alicyclic amines) is 1. The van der Waals surface area contributed by atoms with Crippen LogP contribution in [-0.2, 0) is 9.53 Å². The molecule has 0 unspecified atom stereocenters. The summed E-state index contributed by atoms with van der Waals surface area (Å²) >= 11 is 0. The molecule has 1 N–H and O–H groups in total. The molecule has 27 heavy (non-hydrogen) atoms. The molecule has 0 saturated carbocycles. The van der Waals surface area contributed by atoms with Crippen molar-refractivity contribution in [2.75, 3.05) is 19.7 Å². The van der Waals surface area contributed by atoms with E-state index in [-0.39, 0.29) is 11.5 Å². The number of ketones is 1. The number of carbonyl (C=O) groups is 3. The van der Waals surface area contributed by atoms with Crippen LogP contribution in [0.2, 0.25) is 0 Å². The number of aromatic amines is 1. The highest BCUT2D eigenvalue weighted by molar-refractivity contribution is 6.01. The Bertz CT molecular complexity index is 882. The zero-order valence-electron chi connectivity index (χ0n) is 14.6. The highest BCUT2D eigenvalue weighted by Gasteiger charge is 2.21. The van der Waals surface area contributed by atoms with Gasteiger partial charge in [0.25, 0.3) is 5.91 Å². The Morgan fingerprint density at radius 1 is 1.19 bits per heavy atom. The van der Waals surface area contributed by atoms with Crippen molar-refractivity contribution in [3.8, 4) is 0 Å². The van der Waals surface area contributed by atoms with Gasteiger partial charge in [0.15, 0.2) is 6.61 Å². The van der Waals surface area contributed by atoms with E-state index in [0.29, 0.717) is 11.3 Å². The minimum absolute atomic E-state index is 0.137. The number of Topliss-reactive ketones (excluding diaryl/α,β-unsaturated/α-hetero) is 1. The van der Waals surface area contributed by atoms with Gasteiger partial charge in [-0.25, -0.2) is 9.18 Å². The Labute approximate surface area is 155 Å². The summed E-state index contributed by atoms with van der Waals surface area (Å²) in [6.07, 6.45) is 5.93. The van der Waals surface area contributed by atoms with Crippen LogP contribution in [0.15, 0.2) is 42.6 Å². The lowest BCUT2D eigenvalue weighted by atomic mass is 10.2. The highest BCUT2D eigenvalue weighted by atomic mass is 19.1. The fraction of sp³-hybridized carbons (Fsp3) is 0.250. The summed E-state index contributed by atoms with van der Waals surface area (Å²) in [5.74, 6) is -1.68. The molecule has 1 aliphatic rings. The minimum Gasteiger partial charge on any atom is -0.454 e. The van der Waals surface area contributed by atoms with Crippen LogP contribution in [0.5, 0.6) is 0 Å². The highest BCUT2D eigenvalue weighted by Crippen LogP contribution is 2.13. The van der Waals surface area contributed by atoms with Crippen molar-refractivity contribution in [2.45, 2.75) is 12.8 Å². The molecule has 0 spiro atoms. The first-order chi connectivity index (χ1) is 13.0. The van der Waals surface area contributed by atoms with Crippen molar-refractivity contribution < 1.29 is 23.5 Å². The topological polar surface area (TPSA) is 79.5 Å². The molecule has 6 nitrogen and oxygen atoms in total. The average Bonchev–Trinajstić information content (AvgIpc) is 3.36. The van der Waals surface area contributed by atoms with E-state index in [4.69, 9.17) is 4.74 Å². The Hall–Kier alpha value is -3.22. The third-order valence-electron chi connectivity index (χ3n) is 4.23. The largest absolute Gasteiger partial charge is 0.454 e. The van der Waals surface area contributed by atoms with E-state index < -0.39 is 24.2 Å². The summed E-state index contributed by atoms with van der Waals surface area (Å²) in [6.45, 7) is 0.994. The summed E-state index contributed by atoms with van der Waals surface area (Å²) in [7, 11) is 0. The molecule has 1 aliphatic heterocycles. The normalized spacial score (nSPS) is 13.9. The van der Waals surface area contributed by atoms with Crippen molar-refractivity contribution in [1.82, 2.24) is 9.88 Å². The number of H-pyrrole nitrogens is 1. The number of rotatable bonds is 6. The van der Waals surface area contributed by atoms with Gasteiger partial charge in [-0.1, -0.05) is 12.1 Å². The molecule has 1 aromatic heterocycles. The molecular formula is C20H19FN2O4. The van der Waals surface area contributed by atoms with Crippen LogP contribution in [-0.4, -0.2) is 47.2 Å². The van der Waals surface area contributed by atoms with Gasteiger partial charge >= 0.3 is 5.97 Å². The van der Waals surface area contributed by atoms with Crippen LogP contribution in [0, 0.1) is 5.82 Å². The summed E-state index contributed by atoms with van der Waals surface area (Å²) in [5, 5.41) is 0. The predicted molar refractivity (Wildman–Crippen MR) is 96.7 cm³/mol. The van der Waals surface area contributed by atoms with Crippen molar-refractivity contribution in [3.05, 3.63) is 65.2 Å². The van der Waals surface area contributed by atoms with E-state index in [0.717, 1.165) is 32.0 Å². The van der Waals surface area contributed by atoms with Crippen LogP contribution in [0.4, 0.5) is 4.39 Å². The van der Waals surface area contributed by atoms with Crippen molar-refractivity contribution in [2.24, 2.45) is 0 Å². The van der Waals surface area contributed by atoms with Crippen molar-refractivity contribution in [1.29, 1.82) is 0 Å². The number of aromatic nitrogens is 1. The quantitative estimate of drug-likeness (QED) is 0.482. The minimum atomic E-state index is -0.712. The van der Waals surface area contributed by atoms with Crippen molar-refractivity contribution >= 4 is 23.7 Å². The summed E-state index contributed by atoms with van der Waals surface area (Å²) < 4.78 is 18.0. The molecule has 2 heterocycles. The van der Waals surface area contributed by atoms with E-state index in [1.165, 1.54) is 36.5 Å². The maximum atomic E-state index is 13.1. The number of carbonyl (C=O) groups excluding carboxylic acids is 3. The Morgan fingerprint density at radius 2 is 1.96 bits per heavy atom. The van der Waals surface area contributed by atoms with Crippen LogP contribution in [0.25, 0.3) is 6.08 Å². The summed E-state index contributed by atoms with van der Waals surface area (Å²) in [5.41, 5.74) is 1.13.